The molecule has 0 saturated carbocycles. The Balaban J connectivity index is 2.81. The number of aromatic nitrogens is 2. The highest BCUT2D eigenvalue weighted by molar-refractivity contribution is 5.96. The molecular weight excluding hydrogens is 166 g/mol. The molecule has 2 heterocycles. The number of aryl methyl sites for hydroxylation is 1. The summed E-state index contributed by atoms with van der Waals surface area (Å²) < 4.78 is 1.69. The van der Waals surface area contributed by atoms with E-state index in [0.717, 1.165) is 11.0 Å². The lowest BCUT2D eigenvalue weighted by Gasteiger charge is -1.97. The van der Waals surface area contributed by atoms with Gasteiger partial charge in [-0.05, 0) is 18.2 Å². The van der Waals surface area contributed by atoms with Gasteiger partial charge in [0.1, 0.15) is 11.3 Å². The maximum atomic E-state index is 11.0. The fourth-order valence-electron chi connectivity index (χ4n) is 1.40. The highest BCUT2D eigenvalue weighted by Crippen LogP contribution is 2.14. The number of carbonyl (C=O) groups excluding carboxylic acids is 1. The van der Waals surface area contributed by atoms with Gasteiger partial charge in [-0.2, -0.15) is 0 Å². The zero-order chi connectivity index (χ0) is 9.42. The van der Waals surface area contributed by atoms with Crippen LogP contribution in [0.4, 0.5) is 0 Å². The summed E-state index contributed by atoms with van der Waals surface area (Å²) in [5, 5.41) is 0.929. The van der Waals surface area contributed by atoms with Gasteiger partial charge >= 0.3 is 0 Å². The standard InChI is InChI=1S/C9H9N3O/c1-12-7(8(10)13)5-6-3-2-4-11-9(6)12/h2-5H,1H3,(H2,10,13). The normalized spacial score (nSPS) is 10.5. The summed E-state index contributed by atoms with van der Waals surface area (Å²) in [6.45, 7) is 0. The number of primary amides is 1. The second kappa shape index (κ2) is 2.58. The lowest BCUT2D eigenvalue weighted by molar-refractivity contribution is 0.0993. The quantitative estimate of drug-likeness (QED) is 0.692. The van der Waals surface area contributed by atoms with Crippen molar-refractivity contribution in [3.05, 3.63) is 30.1 Å². The van der Waals surface area contributed by atoms with Crippen molar-refractivity contribution in [2.45, 2.75) is 0 Å². The van der Waals surface area contributed by atoms with Crippen LogP contribution in [0.15, 0.2) is 24.4 Å². The van der Waals surface area contributed by atoms with Crippen molar-refractivity contribution in [1.29, 1.82) is 0 Å². The van der Waals surface area contributed by atoms with Crippen LogP contribution >= 0.6 is 0 Å². The lowest BCUT2D eigenvalue weighted by Crippen LogP contribution is -2.14. The zero-order valence-electron chi connectivity index (χ0n) is 7.19. The zero-order valence-corrected chi connectivity index (χ0v) is 7.19. The van der Waals surface area contributed by atoms with Crippen molar-refractivity contribution < 1.29 is 4.79 Å². The molecule has 0 aliphatic heterocycles. The van der Waals surface area contributed by atoms with Gasteiger partial charge in [-0.25, -0.2) is 4.98 Å². The van der Waals surface area contributed by atoms with E-state index in [1.54, 1.807) is 23.9 Å². The molecule has 2 aromatic rings. The highest BCUT2D eigenvalue weighted by atomic mass is 16.1. The molecule has 0 unspecified atom stereocenters. The summed E-state index contributed by atoms with van der Waals surface area (Å²) in [5.74, 6) is -0.430. The van der Waals surface area contributed by atoms with Crippen LogP contribution in [0.25, 0.3) is 11.0 Å². The van der Waals surface area contributed by atoms with Crippen LogP contribution in [-0.2, 0) is 7.05 Å². The van der Waals surface area contributed by atoms with Crippen molar-refractivity contribution in [2.75, 3.05) is 0 Å². The number of nitrogens with zero attached hydrogens (tertiary/aromatic N) is 2. The average Bonchev–Trinajstić information content (AvgIpc) is 2.45. The van der Waals surface area contributed by atoms with Gasteiger partial charge in [0.2, 0.25) is 0 Å². The molecule has 0 atom stereocenters. The van der Waals surface area contributed by atoms with Gasteiger partial charge in [0.25, 0.3) is 5.91 Å². The van der Waals surface area contributed by atoms with Crippen LogP contribution in [-0.4, -0.2) is 15.5 Å². The molecule has 66 valence electrons. The van der Waals surface area contributed by atoms with Gasteiger partial charge in [0.05, 0.1) is 0 Å². The molecule has 0 bridgehead atoms. The maximum Gasteiger partial charge on any atom is 0.265 e. The number of fused-ring (bicyclic) bond motifs is 1. The summed E-state index contributed by atoms with van der Waals surface area (Å²) in [7, 11) is 1.77. The molecule has 1 amide bonds. The van der Waals surface area contributed by atoms with E-state index < -0.39 is 5.91 Å². The largest absolute Gasteiger partial charge is 0.364 e. The summed E-state index contributed by atoms with van der Waals surface area (Å²) in [5.41, 5.74) is 6.45. The molecule has 2 N–H and O–H groups in total. The second-order valence-electron chi connectivity index (χ2n) is 2.87. The Kier molecular flexibility index (Phi) is 1.55. The molecule has 0 fully saturated rings. The van der Waals surface area contributed by atoms with Crippen LogP contribution < -0.4 is 5.73 Å². The molecule has 4 heteroatoms. The number of hydrogen-bond donors (Lipinski definition) is 1. The first-order valence-corrected chi connectivity index (χ1v) is 3.90. The minimum absolute atomic E-state index is 0.430. The molecule has 2 rings (SSSR count). The predicted molar refractivity (Wildman–Crippen MR) is 49.2 cm³/mol. The molecule has 0 aliphatic carbocycles. The molecular formula is C9H9N3O. The Morgan fingerprint density at radius 2 is 2.38 bits per heavy atom. The third kappa shape index (κ3) is 1.07. The number of hydrogen-bond acceptors (Lipinski definition) is 2. The third-order valence-electron chi connectivity index (χ3n) is 2.04. The van der Waals surface area contributed by atoms with Crippen molar-refractivity contribution in [1.82, 2.24) is 9.55 Å². The van der Waals surface area contributed by atoms with Gasteiger partial charge in [-0.1, -0.05) is 0 Å². The van der Waals surface area contributed by atoms with E-state index in [1.165, 1.54) is 0 Å². The number of rotatable bonds is 1. The van der Waals surface area contributed by atoms with E-state index in [1.807, 2.05) is 12.1 Å². The van der Waals surface area contributed by atoms with E-state index in [2.05, 4.69) is 4.98 Å². The van der Waals surface area contributed by atoms with Crippen LogP contribution in [0.2, 0.25) is 0 Å². The van der Waals surface area contributed by atoms with Crippen LogP contribution in [0.5, 0.6) is 0 Å². The van der Waals surface area contributed by atoms with Crippen LogP contribution in [0.1, 0.15) is 10.5 Å². The number of pyridine rings is 1. The monoisotopic (exact) mass is 175 g/mol. The minimum atomic E-state index is -0.430. The Labute approximate surface area is 75.0 Å². The summed E-state index contributed by atoms with van der Waals surface area (Å²) in [6.07, 6.45) is 1.69. The third-order valence-corrected chi connectivity index (χ3v) is 2.04. The maximum absolute atomic E-state index is 11.0. The topological polar surface area (TPSA) is 60.9 Å². The molecule has 0 saturated heterocycles. The molecule has 2 aromatic heterocycles. The molecule has 0 spiro atoms. The van der Waals surface area contributed by atoms with E-state index >= 15 is 0 Å². The van der Waals surface area contributed by atoms with Gasteiger partial charge in [0.15, 0.2) is 0 Å². The summed E-state index contributed by atoms with van der Waals surface area (Å²) in [4.78, 5) is 15.1. The molecule has 0 aromatic carbocycles. The first-order chi connectivity index (χ1) is 6.20. The van der Waals surface area contributed by atoms with Crippen molar-refractivity contribution in [3.8, 4) is 0 Å². The molecule has 0 aliphatic rings. The Bertz CT molecular complexity index is 473. The minimum Gasteiger partial charge on any atom is -0.364 e. The number of nitrogens with two attached hydrogens (primary N) is 1. The fraction of sp³-hybridized carbons (Fsp3) is 0.111. The van der Waals surface area contributed by atoms with Crippen molar-refractivity contribution >= 4 is 16.9 Å². The average molecular weight is 175 g/mol. The fourth-order valence-corrected chi connectivity index (χ4v) is 1.40. The van der Waals surface area contributed by atoms with Crippen molar-refractivity contribution in [3.63, 3.8) is 0 Å². The first kappa shape index (κ1) is 7.79. The van der Waals surface area contributed by atoms with E-state index in [4.69, 9.17) is 5.73 Å². The second-order valence-corrected chi connectivity index (χ2v) is 2.87. The van der Waals surface area contributed by atoms with E-state index in [0.29, 0.717) is 5.69 Å². The highest BCUT2D eigenvalue weighted by Gasteiger charge is 2.09. The number of carbonyl (C=O) groups is 1. The summed E-state index contributed by atoms with van der Waals surface area (Å²) >= 11 is 0. The SMILES string of the molecule is Cn1c(C(N)=O)cc2cccnc21. The van der Waals surface area contributed by atoms with Crippen molar-refractivity contribution in [2.24, 2.45) is 12.8 Å². The van der Waals surface area contributed by atoms with Crippen LogP contribution in [0, 0.1) is 0 Å². The Morgan fingerprint density at radius 1 is 1.62 bits per heavy atom. The molecule has 4 nitrogen and oxygen atoms in total. The summed E-state index contributed by atoms with van der Waals surface area (Å²) in [6, 6.07) is 5.46. The predicted octanol–water partition coefficient (Wildman–Crippen LogP) is 0.672. The first-order valence-electron chi connectivity index (χ1n) is 3.90. The smallest absolute Gasteiger partial charge is 0.265 e. The van der Waals surface area contributed by atoms with Gasteiger partial charge < -0.3 is 10.3 Å². The van der Waals surface area contributed by atoms with Gasteiger partial charge in [-0.15, -0.1) is 0 Å². The Morgan fingerprint density at radius 3 is 3.00 bits per heavy atom. The van der Waals surface area contributed by atoms with Gasteiger partial charge in [0, 0.05) is 18.6 Å². The Hall–Kier alpha value is -1.84. The van der Waals surface area contributed by atoms with E-state index in [9.17, 15) is 4.79 Å². The van der Waals surface area contributed by atoms with E-state index in [-0.39, 0.29) is 0 Å². The molecule has 0 radical (unpaired) electrons. The molecule has 13 heavy (non-hydrogen) atoms. The van der Waals surface area contributed by atoms with Gasteiger partial charge in [-0.3, -0.25) is 4.79 Å². The number of amides is 1. The van der Waals surface area contributed by atoms with Crippen LogP contribution in [0.3, 0.4) is 0 Å². The lowest BCUT2D eigenvalue weighted by atomic mass is 10.3.